The Morgan fingerprint density at radius 2 is 1.91 bits per heavy atom. The molecule has 0 radical (unpaired) electrons. The number of piperidine rings is 1. The van der Waals surface area contributed by atoms with E-state index in [0.29, 0.717) is 73.8 Å². The van der Waals surface area contributed by atoms with E-state index in [-0.39, 0.29) is 35.8 Å². The van der Waals surface area contributed by atoms with Crippen molar-refractivity contribution < 1.29 is 18.4 Å². The molecule has 4 heterocycles. The van der Waals surface area contributed by atoms with Gasteiger partial charge in [0.25, 0.3) is 6.43 Å². The third-order valence-corrected chi connectivity index (χ3v) is 9.57. The maximum absolute atomic E-state index is 14.4. The van der Waals surface area contributed by atoms with Crippen LogP contribution in [-0.4, -0.2) is 92.6 Å². The molecule has 0 bridgehead atoms. The van der Waals surface area contributed by atoms with Gasteiger partial charge in [-0.25, -0.2) is 8.78 Å². The third kappa shape index (κ3) is 7.37. The van der Waals surface area contributed by atoms with Crippen LogP contribution in [0.15, 0.2) is 34.6 Å². The normalized spacial score (nSPS) is 20.1. The van der Waals surface area contributed by atoms with Crippen LogP contribution in [0, 0.1) is 11.3 Å². The highest BCUT2D eigenvalue weighted by Crippen LogP contribution is 2.38. The lowest BCUT2D eigenvalue weighted by Gasteiger charge is -2.39. The molecule has 0 unspecified atom stereocenters. The molecule has 0 saturated carbocycles. The number of amides is 2. The number of allylic oxidation sites excluding steroid dienone is 1. The number of hydrogen-bond acceptors (Lipinski definition) is 7. The molecule has 0 aromatic heterocycles. The van der Waals surface area contributed by atoms with Crippen LogP contribution in [0.3, 0.4) is 0 Å². The lowest BCUT2D eigenvalue weighted by Crippen LogP contribution is -2.48. The number of nitrogens with two attached hydrogens (primary N) is 1. The lowest BCUT2D eigenvalue weighted by molar-refractivity contribution is -0.132. The molecule has 12 heteroatoms. The minimum Gasteiger partial charge on any atom is -0.404 e. The molecule has 5 rings (SSSR count). The number of amidine groups is 1. The number of halogens is 2. The number of benzene rings is 1. The maximum atomic E-state index is 14.4. The Labute approximate surface area is 264 Å². The standard InChI is InChI=1S/C33H46F2N8O2/c1-21(44)42-13-9-29(40-25-7-11-41(12-8-25)31(45)6-5-22-17-39-18-22)28(20-42)33(37)43-10-3-4-23-14-26(24(16-36)19-38-2)27(32(34)35)15-30(23)43/h14-16,19,22,25,32,37,39-40H,3-13,17-18,20,36H2,1-2H3/b24-16+,37-33?,38-19?. The van der Waals surface area contributed by atoms with Gasteiger partial charge >= 0.3 is 0 Å². The topological polar surface area (TPSA) is 130 Å². The van der Waals surface area contributed by atoms with Crippen molar-refractivity contribution in [2.24, 2.45) is 16.6 Å². The van der Waals surface area contributed by atoms with Crippen molar-refractivity contribution in [2.45, 2.75) is 64.3 Å². The zero-order valence-electron chi connectivity index (χ0n) is 26.4. The third-order valence-electron chi connectivity index (χ3n) is 9.57. The van der Waals surface area contributed by atoms with Crippen LogP contribution in [-0.2, 0) is 16.0 Å². The van der Waals surface area contributed by atoms with Crippen molar-refractivity contribution in [3.05, 3.63) is 46.3 Å². The fourth-order valence-electron chi connectivity index (χ4n) is 6.78. The molecule has 244 valence electrons. The molecular weight excluding hydrogens is 578 g/mol. The van der Waals surface area contributed by atoms with Crippen molar-refractivity contribution >= 4 is 35.1 Å². The molecule has 0 spiro atoms. The van der Waals surface area contributed by atoms with Crippen molar-refractivity contribution in [2.75, 3.05) is 57.8 Å². The minimum atomic E-state index is -2.74. The van der Waals surface area contributed by atoms with Crippen molar-refractivity contribution in [1.29, 1.82) is 5.41 Å². The Bertz CT molecular complexity index is 1380. The lowest BCUT2D eigenvalue weighted by atomic mass is 9.91. The van der Waals surface area contributed by atoms with Gasteiger partial charge in [-0.2, -0.15) is 0 Å². The van der Waals surface area contributed by atoms with E-state index < -0.39 is 6.43 Å². The summed E-state index contributed by atoms with van der Waals surface area (Å²) >= 11 is 0. The molecule has 2 saturated heterocycles. The van der Waals surface area contributed by atoms with Crippen molar-refractivity contribution in [1.82, 2.24) is 20.4 Å². The van der Waals surface area contributed by atoms with Gasteiger partial charge in [0.05, 0.1) is 6.54 Å². The van der Waals surface area contributed by atoms with E-state index >= 15 is 0 Å². The first-order chi connectivity index (χ1) is 21.7. The number of nitrogens with one attached hydrogen (secondary N) is 3. The molecular formula is C33H46F2N8O2. The summed E-state index contributed by atoms with van der Waals surface area (Å²) < 4.78 is 28.8. The second-order valence-corrected chi connectivity index (χ2v) is 12.5. The summed E-state index contributed by atoms with van der Waals surface area (Å²) in [7, 11) is 1.57. The second-order valence-electron chi connectivity index (χ2n) is 12.5. The predicted octanol–water partition coefficient (Wildman–Crippen LogP) is 3.44. The predicted molar refractivity (Wildman–Crippen MR) is 174 cm³/mol. The molecule has 4 aliphatic heterocycles. The molecule has 4 aliphatic rings. The van der Waals surface area contributed by atoms with Gasteiger partial charge in [0.15, 0.2) is 0 Å². The number of anilines is 1. The van der Waals surface area contributed by atoms with E-state index in [1.807, 2.05) is 9.80 Å². The fourth-order valence-corrected chi connectivity index (χ4v) is 6.78. The molecule has 0 aliphatic carbocycles. The highest BCUT2D eigenvalue weighted by Gasteiger charge is 2.32. The number of aryl methyl sites for hydroxylation is 1. The number of aliphatic imine (C=N–C) groups is 1. The molecule has 10 nitrogen and oxygen atoms in total. The number of alkyl halides is 2. The molecule has 1 aromatic rings. The van der Waals surface area contributed by atoms with Crippen LogP contribution < -0.4 is 21.3 Å². The minimum absolute atomic E-state index is 0.0637. The molecule has 0 atom stereocenters. The summed E-state index contributed by atoms with van der Waals surface area (Å²) in [5, 5.41) is 16.3. The number of likely N-dealkylation sites (tertiary alicyclic amines) is 1. The summed E-state index contributed by atoms with van der Waals surface area (Å²) in [6.07, 6.45) is 5.20. The largest absolute Gasteiger partial charge is 0.404 e. The SMILES string of the molecule is CN=C/C(=C\N)c1cc2c(cc1C(F)F)N(C(=N)C1=C(NC3CCN(C(=O)CCC4CNC4)CC3)CCN(C(C)=O)C1)CCC2. The summed E-state index contributed by atoms with van der Waals surface area (Å²) in [6.45, 7) is 6.27. The van der Waals surface area contributed by atoms with E-state index in [2.05, 4.69) is 15.6 Å². The average Bonchev–Trinajstić information content (AvgIpc) is 3.02. The second kappa shape index (κ2) is 14.5. The maximum Gasteiger partial charge on any atom is 0.264 e. The van der Waals surface area contributed by atoms with Crippen LogP contribution >= 0.6 is 0 Å². The monoisotopic (exact) mass is 624 g/mol. The Morgan fingerprint density at radius 1 is 1.16 bits per heavy atom. The van der Waals surface area contributed by atoms with Crippen LogP contribution in [0.4, 0.5) is 14.5 Å². The molecule has 2 amide bonds. The Kier molecular flexibility index (Phi) is 10.5. The molecule has 1 aromatic carbocycles. The zero-order chi connectivity index (χ0) is 32.1. The van der Waals surface area contributed by atoms with E-state index in [0.717, 1.165) is 50.0 Å². The number of nitrogens with zero attached hydrogens (tertiary/aromatic N) is 4. The molecule has 45 heavy (non-hydrogen) atoms. The Morgan fingerprint density at radius 3 is 2.53 bits per heavy atom. The van der Waals surface area contributed by atoms with Crippen LogP contribution in [0.1, 0.15) is 68.6 Å². The number of rotatable bonds is 9. The Balaban J connectivity index is 1.36. The smallest absolute Gasteiger partial charge is 0.264 e. The highest BCUT2D eigenvalue weighted by molar-refractivity contribution is 6.12. The summed E-state index contributed by atoms with van der Waals surface area (Å²) in [5.74, 6) is 0.996. The van der Waals surface area contributed by atoms with E-state index in [4.69, 9.17) is 5.73 Å². The van der Waals surface area contributed by atoms with E-state index in [9.17, 15) is 23.8 Å². The van der Waals surface area contributed by atoms with Gasteiger partial charge in [-0.1, -0.05) is 0 Å². The number of fused-ring (bicyclic) bond motifs is 1. The fraction of sp³-hybridized carbons (Fsp3) is 0.576. The van der Waals surface area contributed by atoms with Gasteiger partial charge in [-0.15, -0.1) is 0 Å². The van der Waals surface area contributed by atoms with Gasteiger partial charge in [-0.05, 0) is 74.4 Å². The number of hydrogen-bond donors (Lipinski definition) is 4. The molecule has 2 fully saturated rings. The van der Waals surface area contributed by atoms with Crippen LogP contribution in [0.5, 0.6) is 0 Å². The van der Waals surface area contributed by atoms with Gasteiger partial charge in [0, 0.05) is 99.5 Å². The van der Waals surface area contributed by atoms with Crippen molar-refractivity contribution in [3.63, 3.8) is 0 Å². The highest BCUT2D eigenvalue weighted by atomic mass is 19.3. The first-order valence-corrected chi connectivity index (χ1v) is 16.1. The van der Waals surface area contributed by atoms with Gasteiger partial charge in [0.1, 0.15) is 5.84 Å². The number of carbonyl (C=O) groups is 2. The van der Waals surface area contributed by atoms with Crippen LogP contribution in [0.25, 0.3) is 5.57 Å². The Hall–Kier alpha value is -3.80. The quantitative estimate of drug-likeness (QED) is 0.246. The summed E-state index contributed by atoms with van der Waals surface area (Å²) in [5.41, 5.74) is 9.48. The number of carbonyl (C=O) groups excluding carboxylic acids is 2. The zero-order valence-corrected chi connectivity index (χ0v) is 26.4. The van der Waals surface area contributed by atoms with Crippen molar-refractivity contribution in [3.8, 4) is 0 Å². The molecule has 5 N–H and O–H groups in total. The first kappa shape index (κ1) is 32.6. The average molecular weight is 625 g/mol. The van der Waals surface area contributed by atoms with Gasteiger partial charge in [0.2, 0.25) is 11.8 Å². The van der Waals surface area contributed by atoms with E-state index in [1.54, 1.807) is 18.0 Å². The first-order valence-electron chi connectivity index (χ1n) is 16.1. The summed E-state index contributed by atoms with van der Waals surface area (Å²) in [4.78, 5) is 34.7. The summed E-state index contributed by atoms with van der Waals surface area (Å²) in [6, 6.07) is 3.39. The van der Waals surface area contributed by atoms with Gasteiger partial charge < -0.3 is 31.1 Å². The van der Waals surface area contributed by atoms with Crippen LogP contribution in [0.2, 0.25) is 0 Å². The van der Waals surface area contributed by atoms with E-state index in [1.165, 1.54) is 25.4 Å². The van der Waals surface area contributed by atoms with Gasteiger partial charge in [-0.3, -0.25) is 20.0 Å².